The van der Waals surface area contributed by atoms with Gasteiger partial charge in [-0.15, -0.1) is 0 Å². The Morgan fingerprint density at radius 1 is 1.31 bits per heavy atom. The van der Waals surface area contributed by atoms with E-state index in [1.807, 2.05) is 6.07 Å². The van der Waals surface area contributed by atoms with Gasteiger partial charge in [-0.3, -0.25) is 0 Å². The van der Waals surface area contributed by atoms with Gasteiger partial charge in [0.15, 0.2) is 0 Å². The summed E-state index contributed by atoms with van der Waals surface area (Å²) in [5, 5.41) is 13.1. The number of nitrogens with one attached hydrogen (secondary N) is 1. The molecular formula is C9H9N3O. The van der Waals surface area contributed by atoms with Gasteiger partial charge < -0.3 is 10.4 Å². The third-order valence-corrected chi connectivity index (χ3v) is 1.88. The van der Waals surface area contributed by atoms with E-state index < -0.39 is 0 Å². The maximum Gasteiger partial charge on any atom is 0.140 e. The van der Waals surface area contributed by atoms with Crippen molar-refractivity contribution >= 4 is 16.7 Å². The number of phenolic OH excluding ortho intramolecular Hbond substituents is 1. The van der Waals surface area contributed by atoms with Crippen LogP contribution in [0, 0.1) is 0 Å². The Labute approximate surface area is 75.3 Å². The minimum atomic E-state index is 0.197. The Morgan fingerprint density at radius 3 is 2.92 bits per heavy atom. The molecule has 0 aliphatic rings. The lowest BCUT2D eigenvalue weighted by Gasteiger charge is -2.04. The molecule has 0 aliphatic heterocycles. The Morgan fingerprint density at radius 2 is 2.15 bits per heavy atom. The number of aromatic hydroxyl groups is 1. The molecule has 4 nitrogen and oxygen atoms in total. The number of fused-ring (bicyclic) bond motifs is 1. The van der Waals surface area contributed by atoms with E-state index in [1.54, 1.807) is 19.2 Å². The van der Waals surface area contributed by atoms with Crippen molar-refractivity contribution in [1.82, 2.24) is 9.97 Å². The number of hydrogen-bond donors (Lipinski definition) is 2. The fourth-order valence-corrected chi connectivity index (χ4v) is 1.28. The van der Waals surface area contributed by atoms with Gasteiger partial charge in [-0.05, 0) is 12.1 Å². The molecule has 0 spiro atoms. The van der Waals surface area contributed by atoms with Crippen molar-refractivity contribution in [1.29, 1.82) is 0 Å². The molecular weight excluding hydrogens is 166 g/mol. The number of rotatable bonds is 1. The molecule has 0 fully saturated rings. The van der Waals surface area contributed by atoms with Crippen LogP contribution in [0.5, 0.6) is 5.75 Å². The average molecular weight is 175 g/mol. The van der Waals surface area contributed by atoms with Crippen molar-refractivity contribution in [2.24, 2.45) is 0 Å². The Kier molecular flexibility index (Phi) is 1.73. The summed E-state index contributed by atoms with van der Waals surface area (Å²) >= 11 is 0. The summed E-state index contributed by atoms with van der Waals surface area (Å²) in [7, 11) is 1.76. The van der Waals surface area contributed by atoms with E-state index in [0.717, 1.165) is 5.52 Å². The van der Waals surface area contributed by atoms with Gasteiger partial charge in [0.2, 0.25) is 0 Å². The van der Waals surface area contributed by atoms with Crippen LogP contribution in [0.15, 0.2) is 24.5 Å². The molecule has 0 unspecified atom stereocenters. The van der Waals surface area contributed by atoms with Crippen molar-refractivity contribution in [2.75, 3.05) is 12.4 Å². The van der Waals surface area contributed by atoms with E-state index in [4.69, 9.17) is 0 Å². The Bertz CT molecular complexity index is 437. The van der Waals surface area contributed by atoms with Crippen LogP contribution in [0.2, 0.25) is 0 Å². The van der Waals surface area contributed by atoms with E-state index in [9.17, 15) is 5.11 Å². The van der Waals surface area contributed by atoms with Gasteiger partial charge in [-0.25, -0.2) is 9.97 Å². The van der Waals surface area contributed by atoms with Crippen LogP contribution in [0.1, 0.15) is 0 Å². The van der Waals surface area contributed by atoms with E-state index in [1.165, 1.54) is 6.33 Å². The van der Waals surface area contributed by atoms with Gasteiger partial charge in [0, 0.05) is 7.05 Å². The lowest BCUT2D eigenvalue weighted by atomic mass is 10.2. The number of aromatic nitrogens is 2. The predicted molar refractivity (Wildman–Crippen MR) is 50.7 cm³/mol. The minimum Gasteiger partial charge on any atom is -0.507 e. The van der Waals surface area contributed by atoms with Crippen LogP contribution in [-0.4, -0.2) is 22.1 Å². The quantitative estimate of drug-likeness (QED) is 0.687. The van der Waals surface area contributed by atoms with Crippen LogP contribution in [0.25, 0.3) is 10.9 Å². The first-order valence-electron chi connectivity index (χ1n) is 3.93. The molecule has 4 heteroatoms. The lowest BCUT2D eigenvalue weighted by Crippen LogP contribution is -1.94. The van der Waals surface area contributed by atoms with Crippen LogP contribution < -0.4 is 5.32 Å². The summed E-state index contributed by atoms with van der Waals surface area (Å²) in [6.07, 6.45) is 1.47. The van der Waals surface area contributed by atoms with Gasteiger partial charge in [0.25, 0.3) is 0 Å². The third kappa shape index (κ3) is 1.16. The molecule has 1 aromatic carbocycles. The zero-order valence-corrected chi connectivity index (χ0v) is 7.15. The van der Waals surface area contributed by atoms with E-state index in [-0.39, 0.29) is 5.75 Å². The second kappa shape index (κ2) is 2.90. The first kappa shape index (κ1) is 7.79. The average Bonchev–Trinajstić information content (AvgIpc) is 2.17. The molecule has 1 heterocycles. The first-order valence-corrected chi connectivity index (χ1v) is 3.93. The standard InChI is InChI=1S/C9H9N3O/c1-10-9-8-6(11-5-12-9)3-2-4-7(8)13/h2-5,13H,1H3,(H,10,11,12). The number of nitrogens with zero attached hydrogens (tertiary/aromatic N) is 2. The molecule has 13 heavy (non-hydrogen) atoms. The highest BCUT2D eigenvalue weighted by atomic mass is 16.3. The highest BCUT2D eigenvalue weighted by Gasteiger charge is 2.05. The minimum absolute atomic E-state index is 0.197. The smallest absolute Gasteiger partial charge is 0.140 e. The Balaban J connectivity index is 2.87. The normalized spacial score (nSPS) is 10.2. The third-order valence-electron chi connectivity index (χ3n) is 1.88. The maximum atomic E-state index is 9.56. The van der Waals surface area contributed by atoms with Crippen LogP contribution >= 0.6 is 0 Å². The van der Waals surface area contributed by atoms with Gasteiger partial charge >= 0.3 is 0 Å². The van der Waals surface area contributed by atoms with Gasteiger partial charge in [0.1, 0.15) is 17.9 Å². The van der Waals surface area contributed by atoms with Crippen molar-refractivity contribution in [3.8, 4) is 5.75 Å². The summed E-state index contributed by atoms with van der Waals surface area (Å²) in [6.45, 7) is 0. The van der Waals surface area contributed by atoms with Gasteiger partial charge in [-0.1, -0.05) is 6.07 Å². The number of hydrogen-bond acceptors (Lipinski definition) is 4. The zero-order valence-electron chi connectivity index (χ0n) is 7.15. The second-order valence-electron chi connectivity index (χ2n) is 2.64. The number of benzene rings is 1. The summed E-state index contributed by atoms with van der Waals surface area (Å²) in [5.74, 6) is 0.838. The molecule has 0 radical (unpaired) electrons. The lowest BCUT2D eigenvalue weighted by molar-refractivity contribution is 0.481. The largest absolute Gasteiger partial charge is 0.507 e. The number of anilines is 1. The van der Waals surface area contributed by atoms with Crippen molar-refractivity contribution < 1.29 is 5.11 Å². The topological polar surface area (TPSA) is 58.0 Å². The van der Waals surface area contributed by atoms with E-state index in [0.29, 0.717) is 11.2 Å². The van der Waals surface area contributed by atoms with Gasteiger partial charge in [-0.2, -0.15) is 0 Å². The molecule has 0 saturated heterocycles. The van der Waals surface area contributed by atoms with Crippen molar-refractivity contribution in [3.05, 3.63) is 24.5 Å². The molecule has 2 aromatic rings. The SMILES string of the molecule is CNc1ncnc2cccc(O)c12. The number of phenols is 1. The maximum absolute atomic E-state index is 9.56. The molecule has 0 atom stereocenters. The fourth-order valence-electron chi connectivity index (χ4n) is 1.28. The van der Waals surface area contributed by atoms with E-state index >= 15 is 0 Å². The monoisotopic (exact) mass is 175 g/mol. The van der Waals surface area contributed by atoms with Crippen molar-refractivity contribution in [3.63, 3.8) is 0 Å². The molecule has 66 valence electrons. The predicted octanol–water partition coefficient (Wildman–Crippen LogP) is 1.38. The summed E-state index contributed by atoms with van der Waals surface area (Å²) < 4.78 is 0. The molecule has 1 aromatic heterocycles. The highest BCUT2D eigenvalue weighted by molar-refractivity contribution is 5.93. The first-order chi connectivity index (χ1) is 6.33. The second-order valence-corrected chi connectivity index (χ2v) is 2.64. The molecule has 2 N–H and O–H groups in total. The van der Waals surface area contributed by atoms with Crippen molar-refractivity contribution in [2.45, 2.75) is 0 Å². The molecule has 2 rings (SSSR count). The fraction of sp³-hybridized carbons (Fsp3) is 0.111. The molecule has 0 aliphatic carbocycles. The zero-order chi connectivity index (χ0) is 9.26. The van der Waals surface area contributed by atoms with E-state index in [2.05, 4.69) is 15.3 Å². The van der Waals surface area contributed by atoms with Crippen LogP contribution in [0.4, 0.5) is 5.82 Å². The summed E-state index contributed by atoms with van der Waals surface area (Å²) in [4.78, 5) is 8.04. The van der Waals surface area contributed by atoms with Gasteiger partial charge in [0.05, 0.1) is 10.9 Å². The highest BCUT2D eigenvalue weighted by Crippen LogP contribution is 2.27. The molecule has 0 bridgehead atoms. The summed E-state index contributed by atoms with van der Waals surface area (Å²) in [5.41, 5.74) is 0.736. The molecule has 0 amide bonds. The van der Waals surface area contributed by atoms with Crippen LogP contribution in [-0.2, 0) is 0 Å². The Hall–Kier alpha value is -1.84. The van der Waals surface area contributed by atoms with Crippen LogP contribution in [0.3, 0.4) is 0 Å². The molecule has 0 saturated carbocycles. The summed E-state index contributed by atoms with van der Waals surface area (Å²) in [6, 6.07) is 5.20.